The SMILES string of the molecule is C1CCOC1.COC(=O)C[C@@]1(C)CC[C@]2(C)CC[C@]3(C)C(=CC(=O)[C@@H]4[C@@]5(C)CC[C@H](O)C(C)(C)[C@@H]5CC[C@]43C)[C@H]2C1.COC(=O)C[C@@]1(C)CC[C@]2(C)CC[C@]3(C)C(=CC(=O)[C@@H]4[C@@]5(C)CC[C@H](OC(=O)c6ccccc6C(=O)O)C(C)(C)[C@@H]5CC[C@]43C)[C@H]2C1.O=C1OC(=O)c2ccccc21. The topological polar surface area (TPSA) is 223 Å². The zero-order chi connectivity index (χ0) is 72.3. The number of methoxy groups -OCH3 is 2. The van der Waals surface area contributed by atoms with E-state index in [1.807, 2.05) is 0 Å². The van der Waals surface area contributed by atoms with Crippen molar-refractivity contribution in [3.05, 3.63) is 94.1 Å². The summed E-state index contributed by atoms with van der Waals surface area (Å²) in [6.45, 7) is 34.6. The number of allylic oxidation sites excluding steroid dienone is 4. The molecule has 2 aromatic carbocycles. The molecule has 2 N–H and O–H groups in total. The van der Waals surface area contributed by atoms with Crippen molar-refractivity contribution in [2.24, 2.45) is 100 Å². The Labute approximate surface area is 589 Å². The largest absolute Gasteiger partial charge is 0.478 e. The van der Waals surface area contributed by atoms with Crippen LogP contribution in [0.15, 0.2) is 71.8 Å². The smallest absolute Gasteiger partial charge is 0.346 e. The summed E-state index contributed by atoms with van der Waals surface area (Å²) in [7, 11) is 2.95. The number of carbonyl (C=O) groups is 8. The minimum Gasteiger partial charge on any atom is -0.478 e. The summed E-state index contributed by atoms with van der Waals surface area (Å²) < 4.78 is 25.6. The fraction of sp³-hybridized carbons (Fsp3) is 0.714. The van der Waals surface area contributed by atoms with Crippen LogP contribution in [0.1, 0.15) is 280 Å². The maximum absolute atomic E-state index is 14.7. The predicted molar refractivity (Wildman–Crippen MR) is 377 cm³/mol. The first-order valence-electron chi connectivity index (χ1n) is 37.5. The number of esters is 5. The molecule has 0 radical (unpaired) electrons. The summed E-state index contributed by atoms with van der Waals surface area (Å²) >= 11 is 0. The highest BCUT2D eigenvalue weighted by Crippen LogP contribution is 2.78. The molecular formula is C84H116O15. The monoisotopic (exact) mass is 1360 g/mol. The van der Waals surface area contributed by atoms with E-state index in [4.69, 9.17) is 18.9 Å². The van der Waals surface area contributed by atoms with E-state index < -0.39 is 29.3 Å². The first kappa shape index (κ1) is 74.4. The molecule has 15 heteroatoms. The van der Waals surface area contributed by atoms with Crippen LogP contribution >= 0.6 is 0 Å². The number of cyclic esters (lactones) is 2. The van der Waals surface area contributed by atoms with E-state index in [2.05, 4.69) is 114 Å². The molecule has 14 rings (SSSR count). The average Bonchev–Trinajstić information content (AvgIpc) is 0.830. The van der Waals surface area contributed by atoms with Gasteiger partial charge in [-0.3, -0.25) is 19.2 Å². The van der Waals surface area contributed by atoms with Gasteiger partial charge in [-0.05, 0) is 248 Å². The summed E-state index contributed by atoms with van der Waals surface area (Å²) in [5.41, 5.74) is 2.21. The number of ketones is 2. The standard InChI is InChI=1S/C40H54O7.C32H50O4.C8H4O3.C4H8O/c1-35(2)29-13-16-40(7)32(38(29,5)15-14-30(35)47-34(45)25-12-10-9-11-24(25)33(43)44)28(41)21-26-27-22-36(3,23-31(42)46-8)17-18-37(27,4)19-20-39(26,40)6;1-27(2)23-9-12-32(7)26(30(23,5)11-10-24(27)34)22(33)17-20-21-18-28(3,19-25(35)36-8)13-14-29(21,4)15-16-31(20,32)6;9-7-5-3-1-2-4-6(5)8(10)11-7;1-2-4-5-3-1/h9-12,21,27,29-30,32H,13-20,22-23H2,1-8H3,(H,43,44);17,21,23-24,26,34H,9-16,18-19H2,1-8H3;1-4H;1-4H2/t27-,29+,30+,32-,36+,37-,38+,39-,40-;21-,23+,24+,26-,28+,29-,30+,31-,32-;;/m11../s1. The van der Waals surface area contributed by atoms with Gasteiger partial charge < -0.3 is 33.9 Å². The number of ether oxygens (including phenoxy) is 5. The lowest BCUT2D eigenvalue weighted by Gasteiger charge is -2.70. The number of rotatable bonds is 7. The molecule has 18 atom stereocenters. The second-order valence-electron chi connectivity index (χ2n) is 37.0. The normalized spacial score (nSPS) is 41.6. The molecule has 0 unspecified atom stereocenters. The highest BCUT2D eigenvalue weighted by Gasteiger charge is 2.73. The molecule has 2 aromatic rings. The van der Waals surface area contributed by atoms with Gasteiger partial charge in [-0.1, -0.05) is 132 Å². The zero-order valence-electron chi connectivity index (χ0n) is 62.6. The summed E-state index contributed by atoms with van der Waals surface area (Å²) in [4.78, 5) is 101. The van der Waals surface area contributed by atoms with Crippen LogP contribution in [0.2, 0.25) is 0 Å². The molecule has 10 aliphatic carbocycles. The lowest BCUT2D eigenvalue weighted by atomic mass is 9.33. The van der Waals surface area contributed by atoms with Gasteiger partial charge in [-0.15, -0.1) is 0 Å². The third-order valence-corrected chi connectivity index (χ3v) is 30.9. The fourth-order valence-corrected chi connectivity index (χ4v) is 24.4. The van der Waals surface area contributed by atoms with Gasteiger partial charge in [0.05, 0.1) is 55.4 Å². The van der Waals surface area contributed by atoms with Gasteiger partial charge in [-0.25, -0.2) is 19.2 Å². The van der Waals surface area contributed by atoms with Crippen LogP contribution in [0.5, 0.6) is 0 Å². The fourth-order valence-electron chi connectivity index (χ4n) is 24.4. The summed E-state index contributed by atoms with van der Waals surface area (Å²) in [5, 5.41) is 20.6. The maximum Gasteiger partial charge on any atom is 0.346 e. The molecule has 0 spiro atoms. The van der Waals surface area contributed by atoms with E-state index in [1.54, 1.807) is 36.4 Å². The quantitative estimate of drug-likeness (QED) is 0.149. The lowest BCUT2D eigenvalue weighted by Crippen LogP contribution is -2.66. The van der Waals surface area contributed by atoms with Crippen molar-refractivity contribution in [3.63, 3.8) is 0 Å². The maximum atomic E-state index is 14.7. The van der Waals surface area contributed by atoms with Crippen LogP contribution in [0.25, 0.3) is 0 Å². The number of carboxylic acid groups (broad SMARTS) is 1. The van der Waals surface area contributed by atoms with E-state index in [-0.39, 0.29) is 124 Å². The van der Waals surface area contributed by atoms with Crippen LogP contribution in [0.4, 0.5) is 0 Å². The van der Waals surface area contributed by atoms with Crippen molar-refractivity contribution in [1.29, 1.82) is 0 Å². The van der Waals surface area contributed by atoms with Gasteiger partial charge in [0.25, 0.3) is 0 Å². The summed E-state index contributed by atoms with van der Waals surface area (Å²) in [6.07, 6.45) is 24.7. The van der Waals surface area contributed by atoms with E-state index in [0.717, 1.165) is 116 Å². The van der Waals surface area contributed by atoms with Crippen LogP contribution < -0.4 is 0 Å². The number of fused-ring (bicyclic) bond motifs is 15. The molecule has 542 valence electrons. The average molecular weight is 1370 g/mol. The summed E-state index contributed by atoms with van der Waals surface area (Å²) in [5.74, 6) is -1.54. The molecule has 1 saturated heterocycles. The second-order valence-corrected chi connectivity index (χ2v) is 37.0. The Morgan fingerprint density at radius 1 is 0.505 bits per heavy atom. The molecule has 0 bridgehead atoms. The van der Waals surface area contributed by atoms with E-state index in [0.29, 0.717) is 48.0 Å². The molecule has 99 heavy (non-hydrogen) atoms. The Kier molecular flexibility index (Phi) is 19.7. The van der Waals surface area contributed by atoms with Crippen LogP contribution in [-0.4, -0.2) is 97.2 Å². The van der Waals surface area contributed by atoms with Gasteiger partial charge in [0.2, 0.25) is 0 Å². The van der Waals surface area contributed by atoms with Gasteiger partial charge in [0, 0.05) is 30.5 Å². The van der Waals surface area contributed by atoms with E-state index in [1.165, 1.54) is 56.8 Å². The Bertz CT molecular complexity index is 3590. The minimum atomic E-state index is -1.15. The van der Waals surface area contributed by atoms with Gasteiger partial charge in [-0.2, -0.15) is 0 Å². The Hall–Kier alpha value is -5.80. The number of carbonyl (C=O) groups excluding carboxylic acids is 7. The molecule has 8 saturated carbocycles. The first-order chi connectivity index (χ1) is 46.2. The van der Waals surface area contributed by atoms with E-state index in [9.17, 15) is 48.6 Å². The Morgan fingerprint density at radius 2 is 0.919 bits per heavy atom. The van der Waals surface area contributed by atoms with Crippen molar-refractivity contribution in [2.75, 3.05) is 27.4 Å². The molecule has 0 aromatic heterocycles. The van der Waals surface area contributed by atoms with Crippen molar-refractivity contribution >= 4 is 47.4 Å². The third-order valence-electron chi connectivity index (χ3n) is 30.9. The number of hydrogen-bond donors (Lipinski definition) is 2. The Morgan fingerprint density at radius 3 is 1.34 bits per heavy atom. The van der Waals surface area contributed by atoms with Crippen molar-refractivity contribution < 1.29 is 72.3 Å². The van der Waals surface area contributed by atoms with Crippen LogP contribution in [-0.2, 0) is 42.9 Å². The predicted octanol–water partition coefficient (Wildman–Crippen LogP) is 17.1. The van der Waals surface area contributed by atoms with Gasteiger partial charge in [0.1, 0.15) is 6.10 Å². The van der Waals surface area contributed by atoms with E-state index >= 15 is 0 Å². The second kappa shape index (κ2) is 26.2. The zero-order valence-corrected chi connectivity index (χ0v) is 62.6. The number of aliphatic hydroxyl groups is 1. The van der Waals surface area contributed by atoms with Gasteiger partial charge in [0.15, 0.2) is 11.6 Å². The minimum absolute atomic E-state index is 0.00649. The number of aliphatic hydroxyl groups excluding tert-OH is 1. The molecule has 2 heterocycles. The first-order valence-corrected chi connectivity index (χ1v) is 37.5. The third kappa shape index (κ3) is 12.3. The number of hydrogen-bond acceptors (Lipinski definition) is 14. The molecule has 0 amide bonds. The molecule has 9 fully saturated rings. The number of carboxylic acids is 1. The van der Waals surface area contributed by atoms with Crippen molar-refractivity contribution in [3.8, 4) is 0 Å². The molecule has 12 aliphatic rings. The summed E-state index contributed by atoms with van der Waals surface area (Å²) in [6, 6.07) is 12.7. The Balaban J connectivity index is 0.000000166. The molecule has 15 nitrogen and oxygen atoms in total. The molecule has 2 aliphatic heterocycles. The van der Waals surface area contributed by atoms with Crippen molar-refractivity contribution in [2.45, 2.75) is 250 Å². The lowest BCUT2D eigenvalue weighted by molar-refractivity contribution is -0.202. The number of aromatic carboxylic acids is 1. The number of benzene rings is 2. The van der Waals surface area contributed by atoms with Crippen LogP contribution in [0, 0.1) is 100 Å². The van der Waals surface area contributed by atoms with Crippen molar-refractivity contribution in [1.82, 2.24) is 0 Å². The highest BCUT2D eigenvalue weighted by molar-refractivity contribution is 6.14. The van der Waals surface area contributed by atoms with Gasteiger partial charge >= 0.3 is 35.8 Å². The van der Waals surface area contributed by atoms with Crippen LogP contribution in [0.3, 0.4) is 0 Å². The molecular weight excluding hydrogens is 1250 g/mol. The highest BCUT2D eigenvalue weighted by atomic mass is 16.6.